The van der Waals surface area contributed by atoms with E-state index in [0.29, 0.717) is 16.1 Å². The lowest BCUT2D eigenvalue weighted by Crippen LogP contribution is -2.27. The summed E-state index contributed by atoms with van der Waals surface area (Å²) < 4.78 is 5.17. The van der Waals surface area contributed by atoms with Crippen LogP contribution in [0.3, 0.4) is 0 Å². The van der Waals surface area contributed by atoms with Crippen molar-refractivity contribution in [3.63, 3.8) is 0 Å². The molecule has 6 nitrogen and oxygen atoms in total. The minimum Gasteiger partial charge on any atom is -0.462 e. The zero-order valence-electron chi connectivity index (χ0n) is 15.0. The maximum Gasteiger partial charge on any atom is 0.341 e. The average Bonchev–Trinajstić information content (AvgIpc) is 3.42. The third-order valence-electron chi connectivity index (χ3n) is 3.73. The third kappa shape index (κ3) is 4.86. The van der Waals surface area contributed by atoms with Crippen LogP contribution in [0.4, 0.5) is 5.00 Å². The van der Waals surface area contributed by atoms with Gasteiger partial charge in [0.25, 0.3) is 5.91 Å². The molecule has 9 heteroatoms. The molecule has 146 valence electrons. The summed E-state index contributed by atoms with van der Waals surface area (Å²) in [7, 11) is 0. The lowest BCUT2D eigenvalue weighted by Gasteiger charge is -2.08. The van der Waals surface area contributed by atoms with Gasteiger partial charge in [0.05, 0.1) is 6.61 Å². The van der Waals surface area contributed by atoms with Crippen molar-refractivity contribution in [2.75, 3.05) is 18.5 Å². The molecule has 2 N–H and O–H groups in total. The average molecular weight is 435 g/mol. The first kappa shape index (κ1) is 20.2. The van der Waals surface area contributed by atoms with Gasteiger partial charge in [0.1, 0.15) is 10.6 Å². The third-order valence-corrected chi connectivity index (χ3v) is 6.21. The Bertz CT molecular complexity index is 946. The number of esters is 1. The van der Waals surface area contributed by atoms with Gasteiger partial charge in [0.2, 0.25) is 5.91 Å². The van der Waals surface area contributed by atoms with Crippen LogP contribution in [0.5, 0.6) is 0 Å². The highest BCUT2D eigenvalue weighted by Gasteiger charge is 2.23. The lowest BCUT2D eigenvalue weighted by atomic mass is 10.1. The Hall–Kier alpha value is -2.49. The number of carbonyl (C=O) groups excluding carboxylic acids is 3. The molecule has 0 saturated heterocycles. The number of rotatable bonds is 8. The van der Waals surface area contributed by atoms with Crippen molar-refractivity contribution in [3.05, 3.63) is 50.8 Å². The Morgan fingerprint density at radius 1 is 1.11 bits per heavy atom. The quantitative estimate of drug-likeness (QED) is 0.512. The normalized spacial score (nSPS) is 10.5. The minimum absolute atomic E-state index is 0.102. The molecule has 3 aromatic rings. The van der Waals surface area contributed by atoms with E-state index in [0.717, 1.165) is 10.4 Å². The van der Waals surface area contributed by atoms with E-state index in [1.54, 1.807) is 18.4 Å². The summed E-state index contributed by atoms with van der Waals surface area (Å²) in [4.78, 5) is 37.6. The summed E-state index contributed by atoms with van der Waals surface area (Å²) in [5, 5.41) is 13.3. The molecule has 0 bridgehead atoms. The highest BCUT2D eigenvalue weighted by molar-refractivity contribution is 7.17. The minimum atomic E-state index is -0.465. The number of hydrogen-bond acceptors (Lipinski definition) is 7. The van der Waals surface area contributed by atoms with E-state index in [1.807, 2.05) is 28.3 Å². The van der Waals surface area contributed by atoms with Gasteiger partial charge in [-0.25, -0.2) is 4.79 Å². The van der Waals surface area contributed by atoms with Crippen molar-refractivity contribution in [2.24, 2.45) is 0 Å². The molecule has 0 radical (unpaired) electrons. The summed E-state index contributed by atoms with van der Waals surface area (Å²) in [6.45, 7) is 2.20. The number of nitrogens with one attached hydrogen (secondary N) is 2. The summed E-state index contributed by atoms with van der Waals surface area (Å²) in [6.07, 6.45) is 0.102. The Balaban J connectivity index is 1.65. The predicted octanol–water partition coefficient (Wildman–Crippen LogP) is 4.47. The number of carbonyl (C=O) groups is 3. The van der Waals surface area contributed by atoms with Gasteiger partial charge in [-0.05, 0) is 29.8 Å². The molecule has 0 aliphatic heterocycles. The fourth-order valence-electron chi connectivity index (χ4n) is 2.44. The van der Waals surface area contributed by atoms with Gasteiger partial charge in [0.15, 0.2) is 0 Å². The molecule has 0 unspecified atom stereocenters. The zero-order valence-corrected chi connectivity index (χ0v) is 17.5. The van der Waals surface area contributed by atoms with Gasteiger partial charge < -0.3 is 15.4 Å². The van der Waals surface area contributed by atoms with Crippen LogP contribution in [0.25, 0.3) is 10.4 Å². The topological polar surface area (TPSA) is 84.5 Å². The van der Waals surface area contributed by atoms with E-state index < -0.39 is 5.97 Å². The van der Waals surface area contributed by atoms with Crippen LogP contribution >= 0.6 is 34.0 Å². The van der Waals surface area contributed by atoms with E-state index in [4.69, 9.17) is 4.74 Å². The van der Waals surface area contributed by atoms with E-state index in [1.165, 1.54) is 34.0 Å². The van der Waals surface area contributed by atoms with Gasteiger partial charge >= 0.3 is 5.97 Å². The zero-order chi connectivity index (χ0) is 19.9. The van der Waals surface area contributed by atoms with Crippen LogP contribution in [-0.2, 0) is 9.53 Å². The maximum atomic E-state index is 12.4. The maximum absolute atomic E-state index is 12.4. The van der Waals surface area contributed by atoms with Crippen molar-refractivity contribution in [3.8, 4) is 10.4 Å². The second-order valence-corrected chi connectivity index (χ2v) is 8.22. The molecule has 2 amide bonds. The summed E-state index contributed by atoms with van der Waals surface area (Å²) >= 11 is 4.23. The van der Waals surface area contributed by atoms with Crippen LogP contribution in [0.2, 0.25) is 0 Å². The number of anilines is 1. The van der Waals surface area contributed by atoms with Crippen LogP contribution in [-0.4, -0.2) is 30.9 Å². The molecule has 3 heterocycles. The summed E-state index contributed by atoms with van der Waals surface area (Å²) in [6, 6.07) is 5.55. The first-order valence-corrected chi connectivity index (χ1v) is 11.2. The SMILES string of the molecule is CCOC(=O)c1c(-c2cccs2)csc1NC(=O)CCNC(=O)c1ccsc1. The summed E-state index contributed by atoms with van der Waals surface area (Å²) in [5.41, 5.74) is 1.69. The van der Waals surface area contributed by atoms with Gasteiger partial charge in [-0.3, -0.25) is 9.59 Å². The van der Waals surface area contributed by atoms with E-state index in [-0.39, 0.29) is 31.4 Å². The fraction of sp³-hybridized carbons (Fsp3) is 0.211. The Kier molecular flexibility index (Phi) is 6.96. The van der Waals surface area contributed by atoms with Crippen molar-refractivity contribution in [1.29, 1.82) is 0 Å². The highest BCUT2D eigenvalue weighted by atomic mass is 32.1. The van der Waals surface area contributed by atoms with Crippen molar-refractivity contribution < 1.29 is 19.1 Å². The number of amides is 2. The van der Waals surface area contributed by atoms with Crippen molar-refractivity contribution >= 4 is 56.8 Å². The molecule has 0 aromatic carbocycles. The number of hydrogen-bond donors (Lipinski definition) is 2. The van der Waals surface area contributed by atoms with Crippen molar-refractivity contribution in [1.82, 2.24) is 5.32 Å². The van der Waals surface area contributed by atoms with Gasteiger partial charge in [-0.15, -0.1) is 22.7 Å². The smallest absolute Gasteiger partial charge is 0.341 e. The Labute approximate surface area is 174 Å². The molecule has 3 rings (SSSR count). The number of thiophene rings is 3. The molecule has 3 aromatic heterocycles. The van der Waals surface area contributed by atoms with Gasteiger partial charge in [-0.1, -0.05) is 6.07 Å². The molecule has 0 spiro atoms. The van der Waals surface area contributed by atoms with Crippen LogP contribution < -0.4 is 10.6 Å². The molecular weight excluding hydrogens is 416 g/mol. The monoisotopic (exact) mass is 434 g/mol. The molecular formula is C19H18N2O4S3. The molecule has 0 aliphatic rings. The summed E-state index contributed by atoms with van der Waals surface area (Å²) in [5.74, 6) is -0.957. The molecule has 0 fully saturated rings. The molecule has 28 heavy (non-hydrogen) atoms. The first-order valence-electron chi connectivity index (χ1n) is 8.53. The second-order valence-electron chi connectivity index (χ2n) is 5.62. The largest absolute Gasteiger partial charge is 0.462 e. The van der Waals surface area contributed by atoms with Crippen LogP contribution in [0.15, 0.2) is 39.7 Å². The highest BCUT2D eigenvalue weighted by Crippen LogP contribution is 2.38. The van der Waals surface area contributed by atoms with Crippen LogP contribution in [0.1, 0.15) is 34.1 Å². The molecule has 0 saturated carbocycles. The Morgan fingerprint density at radius 2 is 1.96 bits per heavy atom. The second kappa shape index (κ2) is 9.63. The fourth-order valence-corrected chi connectivity index (χ4v) is 4.87. The number of ether oxygens (including phenoxy) is 1. The standard InChI is InChI=1S/C19H18N2O4S3/c1-2-25-19(24)16-13(14-4-3-8-27-14)11-28-18(16)21-15(22)5-7-20-17(23)12-6-9-26-10-12/h3-4,6,8-11H,2,5,7H2,1H3,(H,20,23)(H,21,22). The molecule has 0 atom stereocenters. The van der Waals surface area contributed by atoms with Crippen molar-refractivity contribution in [2.45, 2.75) is 13.3 Å². The predicted molar refractivity (Wildman–Crippen MR) is 113 cm³/mol. The van der Waals surface area contributed by atoms with E-state index in [2.05, 4.69) is 10.6 Å². The molecule has 0 aliphatic carbocycles. The van der Waals surface area contributed by atoms with E-state index in [9.17, 15) is 14.4 Å². The van der Waals surface area contributed by atoms with E-state index >= 15 is 0 Å². The van der Waals surface area contributed by atoms with Gasteiger partial charge in [0, 0.05) is 39.7 Å². The van der Waals surface area contributed by atoms with Gasteiger partial charge in [-0.2, -0.15) is 11.3 Å². The lowest BCUT2D eigenvalue weighted by molar-refractivity contribution is -0.116. The van der Waals surface area contributed by atoms with Crippen LogP contribution in [0, 0.1) is 0 Å². The Morgan fingerprint density at radius 3 is 2.64 bits per heavy atom. The first-order chi connectivity index (χ1) is 13.6.